The summed E-state index contributed by atoms with van der Waals surface area (Å²) in [6.07, 6.45) is 13.9. The zero-order valence-electron chi connectivity index (χ0n) is 22.6. The van der Waals surface area contributed by atoms with Crippen LogP contribution >= 0.6 is 7.26 Å². The van der Waals surface area contributed by atoms with Gasteiger partial charge in [-0.25, -0.2) is 0 Å². The molecular formula is C35H40BrP. The average Bonchev–Trinajstić information content (AvgIpc) is 3.15. The van der Waals surface area contributed by atoms with Gasteiger partial charge in [-0.1, -0.05) is 80.1 Å². The van der Waals surface area contributed by atoms with Crippen LogP contribution in [0.4, 0.5) is 0 Å². The van der Waals surface area contributed by atoms with Crippen molar-refractivity contribution in [2.24, 2.45) is 5.41 Å². The molecule has 3 aromatic rings. The Morgan fingerprint density at radius 2 is 1.22 bits per heavy atom. The van der Waals surface area contributed by atoms with Gasteiger partial charge in [-0.3, -0.25) is 0 Å². The van der Waals surface area contributed by atoms with Crippen molar-refractivity contribution in [3.8, 4) is 0 Å². The van der Waals surface area contributed by atoms with E-state index < -0.39 is 7.26 Å². The minimum atomic E-state index is -1.84. The van der Waals surface area contributed by atoms with Gasteiger partial charge in [0.25, 0.3) is 0 Å². The highest BCUT2D eigenvalue weighted by Gasteiger charge is 2.44. The minimum Gasteiger partial charge on any atom is -1.00 e. The molecule has 3 aromatic carbocycles. The van der Waals surface area contributed by atoms with Gasteiger partial charge in [0, 0.05) is 0 Å². The van der Waals surface area contributed by atoms with Crippen LogP contribution in [0, 0.1) is 5.41 Å². The van der Waals surface area contributed by atoms with Crippen molar-refractivity contribution >= 4 is 23.2 Å². The highest BCUT2D eigenvalue weighted by atomic mass is 79.9. The van der Waals surface area contributed by atoms with Crippen molar-refractivity contribution in [1.29, 1.82) is 0 Å². The van der Waals surface area contributed by atoms with E-state index >= 15 is 0 Å². The van der Waals surface area contributed by atoms with E-state index in [1.54, 1.807) is 16.7 Å². The van der Waals surface area contributed by atoms with Crippen molar-refractivity contribution in [3.05, 3.63) is 125 Å². The van der Waals surface area contributed by atoms with Crippen molar-refractivity contribution in [2.45, 2.75) is 59.3 Å². The lowest BCUT2D eigenvalue weighted by Crippen LogP contribution is -3.00. The summed E-state index contributed by atoms with van der Waals surface area (Å²) in [5, 5.41) is 4.37. The van der Waals surface area contributed by atoms with Gasteiger partial charge in [-0.15, -0.1) is 0 Å². The fourth-order valence-corrected chi connectivity index (χ4v) is 10.4. The zero-order chi connectivity index (χ0) is 25.0. The third kappa shape index (κ3) is 5.79. The molecule has 2 aliphatic carbocycles. The van der Waals surface area contributed by atoms with E-state index in [2.05, 4.69) is 124 Å². The van der Waals surface area contributed by atoms with Crippen LogP contribution in [0.2, 0.25) is 0 Å². The Morgan fingerprint density at radius 1 is 0.730 bits per heavy atom. The lowest BCUT2D eigenvalue weighted by Gasteiger charge is -2.33. The molecule has 0 heterocycles. The first-order chi connectivity index (χ1) is 17.5. The highest BCUT2D eigenvalue weighted by molar-refractivity contribution is 7.95. The van der Waals surface area contributed by atoms with Crippen molar-refractivity contribution in [2.75, 3.05) is 6.16 Å². The second-order valence-corrected chi connectivity index (χ2v) is 14.7. The number of hydrogen-bond donors (Lipinski definition) is 0. The topological polar surface area (TPSA) is 0 Å². The summed E-state index contributed by atoms with van der Waals surface area (Å²) < 4.78 is 0. The van der Waals surface area contributed by atoms with Gasteiger partial charge in [-0.2, -0.15) is 0 Å². The molecule has 0 spiro atoms. The summed E-state index contributed by atoms with van der Waals surface area (Å²) >= 11 is 0. The molecule has 2 aliphatic rings. The number of allylic oxidation sites excluding steroid dienone is 6. The first-order valence-electron chi connectivity index (χ1n) is 13.7. The van der Waals surface area contributed by atoms with Gasteiger partial charge in [0.15, 0.2) is 0 Å². The Morgan fingerprint density at radius 3 is 1.73 bits per heavy atom. The molecule has 5 rings (SSSR count). The molecule has 192 valence electrons. The van der Waals surface area contributed by atoms with Crippen LogP contribution in [-0.2, 0) is 0 Å². The van der Waals surface area contributed by atoms with E-state index in [-0.39, 0.29) is 17.0 Å². The molecule has 0 aromatic heterocycles. The van der Waals surface area contributed by atoms with Crippen molar-refractivity contribution < 1.29 is 17.0 Å². The fraction of sp³-hybridized carbons (Fsp3) is 0.314. The second-order valence-electron chi connectivity index (χ2n) is 11.2. The molecular weight excluding hydrogens is 531 g/mol. The Hall–Kier alpha value is -2.21. The van der Waals surface area contributed by atoms with Gasteiger partial charge in [0.1, 0.15) is 23.2 Å². The predicted molar refractivity (Wildman–Crippen MR) is 160 cm³/mol. The molecule has 0 unspecified atom stereocenters. The van der Waals surface area contributed by atoms with Crippen LogP contribution in [0.25, 0.3) is 0 Å². The minimum absolute atomic E-state index is 0. The van der Waals surface area contributed by atoms with Gasteiger partial charge < -0.3 is 17.0 Å². The summed E-state index contributed by atoms with van der Waals surface area (Å²) in [6, 6.07) is 33.8. The van der Waals surface area contributed by atoms with E-state index in [9.17, 15) is 0 Å². The summed E-state index contributed by atoms with van der Waals surface area (Å²) in [5.41, 5.74) is 6.70. The van der Waals surface area contributed by atoms with E-state index in [1.807, 2.05) is 0 Å². The summed E-state index contributed by atoms with van der Waals surface area (Å²) in [7, 11) is -1.84. The Balaban J connectivity index is 0.00000320. The molecule has 0 radical (unpaired) electrons. The monoisotopic (exact) mass is 570 g/mol. The lowest BCUT2D eigenvalue weighted by molar-refractivity contribution is -0.00000757. The van der Waals surface area contributed by atoms with Crippen LogP contribution in [0.3, 0.4) is 0 Å². The Kier molecular flexibility index (Phi) is 9.10. The van der Waals surface area contributed by atoms with E-state index in [0.29, 0.717) is 5.41 Å². The quantitative estimate of drug-likeness (QED) is 0.341. The van der Waals surface area contributed by atoms with Crippen molar-refractivity contribution in [3.63, 3.8) is 0 Å². The molecule has 0 nitrogen and oxygen atoms in total. The Bertz CT molecular complexity index is 1170. The van der Waals surface area contributed by atoms with Crippen LogP contribution < -0.4 is 32.9 Å². The third-order valence-electron chi connectivity index (χ3n) is 8.40. The smallest absolute Gasteiger partial charge is 0.115 e. The van der Waals surface area contributed by atoms with Gasteiger partial charge in [0.2, 0.25) is 0 Å². The molecule has 2 heteroatoms. The predicted octanol–water partition coefficient (Wildman–Crippen LogP) is 5.55. The zero-order valence-corrected chi connectivity index (χ0v) is 25.1. The van der Waals surface area contributed by atoms with E-state index in [4.69, 9.17) is 0 Å². The first-order valence-corrected chi connectivity index (χ1v) is 15.6. The van der Waals surface area contributed by atoms with Crippen LogP contribution in [0.5, 0.6) is 0 Å². The first kappa shape index (κ1) is 27.8. The second kappa shape index (κ2) is 12.1. The number of hydrogen-bond acceptors (Lipinski definition) is 0. The Labute approximate surface area is 235 Å². The number of benzene rings is 3. The average molecular weight is 572 g/mol. The molecule has 0 amide bonds. The SMILES string of the molecule is C/C(=C\C[P+](c1ccccc1)(c1ccccc1)c1ccccc1)C1=CC2=C(CCC1)CCCC2(C)C.[Br-]. The van der Waals surface area contributed by atoms with Gasteiger partial charge in [0.05, 0.1) is 6.16 Å². The molecule has 0 saturated heterocycles. The maximum Gasteiger partial charge on any atom is 0.115 e. The van der Waals surface area contributed by atoms with Crippen LogP contribution in [-0.4, -0.2) is 6.16 Å². The normalized spacial score (nSPS) is 17.8. The fourth-order valence-electron chi connectivity index (χ4n) is 6.31. The van der Waals surface area contributed by atoms with Crippen molar-refractivity contribution in [1.82, 2.24) is 0 Å². The van der Waals surface area contributed by atoms with E-state index in [0.717, 1.165) is 6.16 Å². The van der Waals surface area contributed by atoms with Gasteiger partial charge >= 0.3 is 0 Å². The van der Waals surface area contributed by atoms with Crippen LogP contribution in [0.1, 0.15) is 59.3 Å². The molecule has 0 saturated carbocycles. The third-order valence-corrected chi connectivity index (χ3v) is 12.7. The summed E-state index contributed by atoms with van der Waals surface area (Å²) in [5.74, 6) is 0. The molecule has 0 fully saturated rings. The molecule has 0 N–H and O–H groups in total. The van der Waals surface area contributed by atoms with E-state index in [1.165, 1.54) is 60.0 Å². The highest BCUT2D eigenvalue weighted by Crippen LogP contribution is 2.55. The standard InChI is InChI=1S/C35H40P.BrH/c1-28(30-16-13-15-29-17-14-25-35(2,3)34(29)27-30)24-26-36(31-18-7-4-8-19-31,32-20-9-5-10-21-32)33-22-11-6-12-23-33;/h4-12,18-24,27H,13-17,25-26H2,1-3H3;1H/q+1;/p-1/b28-24+;. The maximum atomic E-state index is 2.60. The van der Waals surface area contributed by atoms with Crippen LogP contribution in [0.15, 0.2) is 125 Å². The number of rotatable bonds is 6. The largest absolute Gasteiger partial charge is 1.00 e. The maximum absolute atomic E-state index is 2.60. The van der Waals surface area contributed by atoms with Gasteiger partial charge in [-0.05, 0) is 110 Å². The summed E-state index contributed by atoms with van der Waals surface area (Å²) in [6.45, 7) is 7.27. The summed E-state index contributed by atoms with van der Waals surface area (Å²) in [4.78, 5) is 0. The lowest BCUT2D eigenvalue weighted by atomic mass is 9.71. The molecule has 0 aliphatic heterocycles. The molecule has 0 atom stereocenters. The molecule has 37 heavy (non-hydrogen) atoms. The molecule has 0 bridgehead atoms. The number of halogens is 1.